The smallest absolute Gasteiger partial charge is 0.242 e. The van der Waals surface area contributed by atoms with E-state index in [9.17, 15) is 8.42 Å². The normalized spacial score (nSPS) is 16.8. The van der Waals surface area contributed by atoms with Crippen LogP contribution in [0.1, 0.15) is 46.3 Å². The van der Waals surface area contributed by atoms with E-state index in [1.165, 1.54) is 0 Å². The molecule has 9 heteroatoms. The van der Waals surface area contributed by atoms with Crippen LogP contribution in [0.15, 0.2) is 64.6 Å². The number of nitrogens with zero attached hydrogens (tertiary/aromatic N) is 1. The number of hydrazone groups is 1. The van der Waals surface area contributed by atoms with Crippen molar-refractivity contribution in [2.24, 2.45) is 5.10 Å². The van der Waals surface area contributed by atoms with Crippen molar-refractivity contribution >= 4 is 50.5 Å². The van der Waals surface area contributed by atoms with E-state index in [1.807, 2.05) is 43.3 Å². The van der Waals surface area contributed by atoms with Crippen molar-refractivity contribution < 1.29 is 8.42 Å². The Hall–Kier alpha value is -2.09. The van der Waals surface area contributed by atoms with Gasteiger partial charge in [-0.15, -0.1) is 0 Å². The summed E-state index contributed by atoms with van der Waals surface area (Å²) in [5, 5.41) is 5.97. The second kappa shape index (κ2) is 9.88. The molecule has 178 valence electrons. The van der Waals surface area contributed by atoms with Crippen LogP contribution in [0.2, 0.25) is 15.1 Å². The van der Waals surface area contributed by atoms with E-state index in [1.54, 1.807) is 32.0 Å². The molecule has 0 fully saturated rings. The third-order valence-electron chi connectivity index (χ3n) is 5.80. The molecule has 34 heavy (non-hydrogen) atoms. The van der Waals surface area contributed by atoms with Crippen LogP contribution in [0.3, 0.4) is 0 Å². The second-order valence-corrected chi connectivity index (χ2v) is 11.4. The van der Waals surface area contributed by atoms with Gasteiger partial charge in [0.05, 0.1) is 22.7 Å². The van der Waals surface area contributed by atoms with E-state index in [4.69, 9.17) is 34.8 Å². The Labute approximate surface area is 215 Å². The minimum Gasteiger partial charge on any atom is -0.302 e. The predicted octanol–water partition coefficient (Wildman–Crippen LogP) is 6.68. The molecule has 1 aliphatic heterocycles. The predicted molar refractivity (Wildman–Crippen MR) is 140 cm³/mol. The van der Waals surface area contributed by atoms with Gasteiger partial charge in [-0.05, 0) is 67.3 Å². The van der Waals surface area contributed by atoms with Gasteiger partial charge < -0.3 is 5.43 Å². The molecule has 0 bridgehead atoms. The van der Waals surface area contributed by atoms with Crippen LogP contribution in [-0.2, 0) is 10.0 Å². The molecule has 2 atom stereocenters. The van der Waals surface area contributed by atoms with Gasteiger partial charge in [-0.1, -0.05) is 70.7 Å². The number of halogens is 3. The SMILES string of the molecule is Cc1cc(C)c(S(=O)(=O)N[C@H](C2=NNC(c3ccc(Cl)cc3)C2)c2ccc(Cl)cc2Cl)c(C)c1. The molecule has 0 radical (unpaired) electrons. The highest BCUT2D eigenvalue weighted by atomic mass is 35.5. The maximum Gasteiger partial charge on any atom is 0.242 e. The molecule has 0 saturated heterocycles. The Morgan fingerprint density at radius 3 is 2.18 bits per heavy atom. The van der Waals surface area contributed by atoms with Crippen molar-refractivity contribution in [2.45, 2.75) is 44.2 Å². The molecule has 3 aromatic rings. The third-order valence-corrected chi connectivity index (χ3v) is 8.34. The summed E-state index contributed by atoms with van der Waals surface area (Å²) >= 11 is 18.7. The molecule has 1 unspecified atom stereocenters. The lowest BCUT2D eigenvalue weighted by atomic mass is 9.96. The van der Waals surface area contributed by atoms with Crippen molar-refractivity contribution in [1.29, 1.82) is 0 Å². The standard InChI is InChI=1S/C25H24Cl3N3O2S/c1-14-10-15(2)25(16(3)11-14)34(32,33)31-24(20-9-8-19(27)12-21(20)28)23-13-22(29-30-23)17-4-6-18(26)7-5-17/h4-12,22,24,29,31H,13H2,1-3H3/t22?,24-/m0/s1. The zero-order valence-corrected chi connectivity index (χ0v) is 21.9. The molecule has 5 nitrogen and oxygen atoms in total. The van der Waals surface area contributed by atoms with Crippen LogP contribution in [0, 0.1) is 20.8 Å². The van der Waals surface area contributed by atoms with Crippen LogP contribution in [-0.4, -0.2) is 14.1 Å². The Bertz CT molecular complexity index is 1350. The lowest BCUT2D eigenvalue weighted by molar-refractivity contribution is 0.575. The Morgan fingerprint density at radius 1 is 0.941 bits per heavy atom. The molecule has 1 aliphatic rings. The first kappa shape index (κ1) is 25.0. The second-order valence-electron chi connectivity index (χ2n) is 8.49. The summed E-state index contributed by atoms with van der Waals surface area (Å²) in [6.07, 6.45) is 0.486. The van der Waals surface area contributed by atoms with Crippen molar-refractivity contribution in [2.75, 3.05) is 0 Å². The topological polar surface area (TPSA) is 70.6 Å². The fraction of sp³-hybridized carbons (Fsp3) is 0.240. The Morgan fingerprint density at radius 2 is 1.56 bits per heavy atom. The molecule has 0 amide bonds. The number of rotatable bonds is 6. The number of hydrogen-bond acceptors (Lipinski definition) is 4. The summed E-state index contributed by atoms with van der Waals surface area (Å²) in [6, 6.07) is 15.3. The van der Waals surface area contributed by atoms with Crippen LogP contribution in [0.25, 0.3) is 0 Å². The molecular formula is C25H24Cl3N3O2S. The average molecular weight is 537 g/mol. The fourth-order valence-corrected chi connectivity index (χ4v) is 6.68. The maximum atomic E-state index is 13.6. The number of nitrogens with one attached hydrogen (secondary N) is 2. The Kier molecular flexibility index (Phi) is 7.27. The average Bonchev–Trinajstić information content (AvgIpc) is 3.22. The molecule has 1 heterocycles. The zero-order valence-electron chi connectivity index (χ0n) is 18.9. The molecular weight excluding hydrogens is 513 g/mol. The Balaban J connectivity index is 1.72. The molecule has 0 spiro atoms. The number of sulfonamides is 1. The summed E-state index contributed by atoms with van der Waals surface area (Å²) < 4.78 is 30.1. The van der Waals surface area contributed by atoms with Gasteiger partial charge in [0.2, 0.25) is 10.0 Å². The van der Waals surface area contributed by atoms with Crippen LogP contribution >= 0.6 is 34.8 Å². The molecule has 4 rings (SSSR count). The minimum atomic E-state index is -3.91. The third kappa shape index (κ3) is 5.26. The lowest BCUT2D eigenvalue weighted by Crippen LogP contribution is -2.34. The number of hydrogen-bond donors (Lipinski definition) is 2. The minimum absolute atomic E-state index is 0.117. The zero-order chi connectivity index (χ0) is 24.6. The number of aryl methyl sites for hydroxylation is 3. The highest BCUT2D eigenvalue weighted by molar-refractivity contribution is 7.89. The van der Waals surface area contributed by atoms with Gasteiger partial charge in [0, 0.05) is 21.5 Å². The van der Waals surface area contributed by atoms with Gasteiger partial charge in [0.15, 0.2) is 0 Å². The van der Waals surface area contributed by atoms with E-state index in [0.29, 0.717) is 43.9 Å². The van der Waals surface area contributed by atoms with E-state index in [0.717, 1.165) is 11.1 Å². The monoisotopic (exact) mass is 535 g/mol. The molecule has 0 aliphatic carbocycles. The van der Waals surface area contributed by atoms with Crippen molar-refractivity contribution in [3.8, 4) is 0 Å². The molecule has 0 aromatic heterocycles. The van der Waals surface area contributed by atoms with Gasteiger partial charge in [0.25, 0.3) is 0 Å². The van der Waals surface area contributed by atoms with E-state index < -0.39 is 16.1 Å². The lowest BCUT2D eigenvalue weighted by Gasteiger charge is -2.22. The van der Waals surface area contributed by atoms with Gasteiger partial charge >= 0.3 is 0 Å². The highest BCUT2D eigenvalue weighted by Gasteiger charge is 2.33. The summed E-state index contributed by atoms with van der Waals surface area (Å²) in [6.45, 7) is 5.53. The van der Waals surface area contributed by atoms with Gasteiger partial charge in [-0.3, -0.25) is 0 Å². The van der Waals surface area contributed by atoms with Crippen molar-refractivity contribution in [3.63, 3.8) is 0 Å². The van der Waals surface area contributed by atoms with Gasteiger partial charge in [-0.2, -0.15) is 9.82 Å². The van der Waals surface area contributed by atoms with E-state index in [2.05, 4.69) is 15.2 Å². The fourth-order valence-electron chi connectivity index (χ4n) is 4.38. The summed E-state index contributed by atoms with van der Waals surface area (Å²) in [5.41, 5.74) is 7.67. The number of benzene rings is 3. The van der Waals surface area contributed by atoms with Gasteiger partial charge in [-0.25, -0.2) is 8.42 Å². The molecule has 3 aromatic carbocycles. The quantitative estimate of drug-likeness (QED) is 0.369. The van der Waals surface area contributed by atoms with Crippen LogP contribution in [0.4, 0.5) is 0 Å². The van der Waals surface area contributed by atoms with E-state index in [-0.39, 0.29) is 10.9 Å². The summed E-state index contributed by atoms with van der Waals surface area (Å²) in [5.74, 6) is 0. The van der Waals surface area contributed by atoms with Gasteiger partial charge in [0.1, 0.15) is 0 Å². The van der Waals surface area contributed by atoms with E-state index >= 15 is 0 Å². The summed E-state index contributed by atoms with van der Waals surface area (Å²) in [4.78, 5) is 0.258. The highest BCUT2D eigenvalue weighted by Crippen LogP contribution is 2.34. The maximum absolute atomic E-state index is 13.6. The van der Waals surface area contributed by atoms with Crippen LogP contribution < -0.4 is 10.1 Å². The largest absolute Gasteiger partial charge is 0.302 e. The van der Waals surface area contributed by atoms with Crippen molar-refractivity contribution in [1.82, 2.24) is 10.1 Å². The first-order chi connectivity index (χ1) is 16.0. The first-order valence-corrected chi connectivity index (χ1v) is 13.3. The molecule has 0 saturated carbocycles. The van der Waals surface area contributed by atoms with Crippen LogP contribution in [0.5, 0.6) is 0 Å². The van der Waals surface area contributed by atoms with Crippen molar-refractivity contribution in [3.05, 3.63) is 97.5 Å². The molecule has 2 N–H and O–H groups in total. The summed E-state index contributed by atoms with van der Waals surface area (Å²) in [7, 11) is -3.91. The first-order valence-electron chi connectivity index (χ1n) is 10.7.